The number of hydrogen-bond donors (Lipinski definition) is 3. The van der Waals surface area contributed by atoms with Gasteiger partial charge in [-0.2, -0.15) is 4.80 Å². The highest BCUT2D eigenvalue weighted by Crippen LogP contribution is 2.35. The molecule has 0 aliphatic rings. The third kappa shape index (κ3) is 5.33. The van der Waals surface area contributed by atoms with Gasteiger partial charge in [-0.1, -0.05) is 23.7 Å². The maximum absolute atomic E-state index is 14.8. The molecule has 4 rings (SSSR count). The number of methoxy groups -OCH3 is 1. The number of carbonyl (C=O) groups excluding carboxylic acids is 2. The van der Waals surface area contributed by atoms with E-state index in [1.807, 2.05) is 0 Å². The number of ether oxygens (including phenoxy) is 1. The molecule has 0 unspecified atom stereocenters. The van der Waals surface area contributed by atoms with Crippen LogP contribution in [0.4, 0.5) is 9.18 Å². The number of hydrazine groups is 1. The monoisotopic (exact) mass is 501 g/mol. The second kappa shape index (κ2) is 10.1. The molecule has 13 nitrogen and oxygen atoms in total. The van der Waals surface area contributed by atoms with E-state index in [1.165, 1.54) is 30.2 Å². The molecule has 0 saturated heterocycles. The van der Waals surface area contributed by atoms with E-state index in [0.717, 1.165) is 0 Å². The summed E-state index contributed by atoms with van der Waals surface area (Å²) in [5, 5.41) is 18.2. The van der Waals surface area contributed by atoms with Gasteiger partial charge in [-0.15, -0.1) is 10.2 Å². The first-order valence-corrected chi connectivity index (χ1v) is 10.3. The maximum atomic E-state index is 14.8. The smallest absolute Gasteiger partial charge is 0.333 e. The van der Waals surface area contributed by atoms with Crippen molar-refractivity contribution in [3.8, 4) is 28.4 Å². The first-order valence-electron chi connectivity index (χ1n) is 9.88. The quantitative estimate of drug-likeness (QED) is 0.335. The van der Waals surface area contributed by atoms with Gasteiger partial charge >= 0.3 is 11.9 Å². The Morgan fingerprint density at radius 3 is 2.77 bits per heavy atom. The van der Waals surface area contributed by atoms with Crippen LogP contribution in [-0.2, 0) is 13.6 Å². The zero-order valence-electron chi connectivity index (χ0n) is 18.2. The minimum atomic E-state index is -0.805. The Bertz CT molecular complexity index is 1390. The molecular formula is C20H17ClFN9O4. The lowest BCUT2D eigenvalue weighted by atomic mass is 10.00. The summed E-state index contributed by atoms with van der Waals surface area (Å²) in [7, 11) is 2.97. The average Bonchev–Trinajstić information content (AvgIpc) is 3.50. The van der Waals surface area contributed by atoms with Crippen molar-refractivity contribution < 1.29 is 23.2 Å². The Labute approximate surface area is 201 Å². The second-order valence-electron chi connectivity index (χ2n) is 6.91. The Balaban J connectivity index is 1.41. The summed E-state index contributed by atoms with van der Waals surface area (Å²) in [5.74, 6) is -1.23. The lowest BCUT2D eigenvalue weighted by Crippen LogP contribution is -2.46. The van der Waals surface area contributed by atoms with Gasteiger partial charge in [0, 0.05) is 17.3 Å². The number of urea groups is 1. The number of tetrazole rings is 1. The molecule has 0 atom stereocenters. The van der Waals surface area contributed by atoms with Crippen LogP contribution >= 0.6 is 11.6 Å². The molecule has 180 valence electrons. The van der Waals surface area contributed by atoms with E-state index in [4.69, 9.17) is 20.9 Å². The molecule has 0 aliphatic carbocycles. The number of aromatic nitrogens is 6. The van der Waals surface area contributed by atoms with Crippen molar-refractivity contribution in [2.75, 3.05) is 7.11 Å². The molecule has 0 fully saturated rings. The summed E-state index contributed by atoms with van der Waals surface area (Å²) in [6.45, 7) is -0.252. The molecule has 1 aromatic carbocycles. The van der Waals surface area contributed by atoms with E-state index >= 15 is 0 Å². The Morgan fingerprint density at radius 1 is 1.26 bits per heavy atom. The highest BCUT2D eigenvalue weighted by Gasteiger charge is 2.18. The van der Waals surface area contributed by atoms with Crippen molar-refractivity contribution >= 4 is 23.5 Å². The number of halogens is 2. The van der Waals surface area contributed by atoms with Crippen LogP contribution in [0.5, 0.6) is 5.88 Å². The van der Waals surface area contributed by atoms with E-state index in [-0.39, 0.29) is 29.7 Å². The molecular weight excluding hydrogens is 485 g/mol. The van der Waals surface area contributed by atoms with E-state index < -0.39 is 17.8 Å². The van der Waals surface area contributed by atoms with Crippen LogP contribution < -0.4 is 20.9 Å². The van der Waals surface area contributed by atoms with Crippen LogP contribution in [0.15, 0.2) is 41.1 Å². The van der Waals surface area contributed by atoms with Crippen molar-refractivity contribution in [1.29, 1.82) is 0 Å². The number of aryl methyl sites for hydroxylation is 1. The summed E-state index contributed by atoms with van der Waals surface area (Å²) in [4.78, 5) is 29.2. The van der Waals surface area contributed by atoms with Crippen LogP contribution in [-0.4, -0.2) is 49.4 Å². The van der Waals surface area contributed by atoms with Gasteiger partial charge in [0.25, 0.3) is 5.88 Å². The molecule has 3 heterocycles. The maximum Gasteiger partial charge on any atom is 0.333 e. The number of nitrogens with one attached hydrogen (secondary N) is 3. The number of amides is 3. The number of hydrogen-bond acceptors (Lipinski definition) is 9. The molecule has 3 N–H and O–H groups in total. The van der Waals surface area contributed by atoms with Crippen LogP contribution in [0.2, 0.25) is 5.02 Å². The molecule has 4 aromatic rings. The summed E-state index contributed by atoms with van der Waals surface area (Å²) in [6, 6.07) is 6.79. The van der Waals surface area contributed by atoms with Crippen LogP contribution in [0.3, 0.4) is 0 Å². The van der Waals surface area contributed by atoms with Gasteiger partial charge in [-0.3, -0.25) is 15.2 Å². The van der Waals surface area contributed by atoms with Gasteiger partial charge in [0.05, 0.1) is 37.5 Å². The van der Waals surface area contributed by atoms with Gasteiger partial charge in [-0.05, 0) is 28.1 Å². The summed E-state index contributed by atoms with van der Waals surface area (Å²) in [5.41, 5.74) is 5.65. The minimum Gasteiger partial charge on any atom is -0.479 e. The van der Waals surface area contributed by atoms with E-state index in [9.17, 15) is 14.0 Å². The van der Waals surface area contributed by atoms with E-state index in [1.54, 1.807) is 25.2 Å². The number of carbonyl (C=O) groups is 2. The first kappa shape index (κ1) is 23.6. The van der Waals surface area contributed by atoms with Crippen molar-refractivity contribution in [2.24, 2.45) is 7.05 Å². The molecule has 0 bridgehead atoms. The largest absolute Gasteiger partial charge is 0.479 e. The predicted octanol–water partition coefficient (Wildman–Crippen LogP) is 1.87. The Morgan fingerprint density at radius 2 is 2.09 bits per heavy atom. The normalized spacial score (nSPS) is 10.6. The third-order valence-corrected chi connectivity index (χ3v) is 4.92. The average molecular weight is 502 g/mol. The molecule has 3 amide bonds. The number of pyridine rings is 1. The van der Waals surface area contributed by atoms with Crippen molar-refractivity contribution in [1.82, 2.24) is 46.5 Å². The predicted molar refractivity (Wildman–Crippen MR) is 118 cm³/mol. The fourth-order valence-corrected chi connectivity index (χ4v) is 3.22. The van der Waals surface area contributed by atoms with Crippen LogP contribution in [0.1, 0.15) is 16.2 Å². The Hall–Kier alpha value is -4.59. The van der Waals surface area contributed by atoms with E-state index in [2.05, 4.69) is 41.7 Å². The van der Waals surface area contributed by atoms with Crippen molar-refractivity contribution in [3.05, 3.63) is 58.8 Å². The third-order valence-electron chi connectivity index (χ3n) is 4.60. The standard InChI is InChI=1S/C20H17ClFN9O4/c1-31-28-18(25-30-31)17-11(4-3-5-12(17)21)10-6-13(22)14(23-8-10)9-24-20(33)27-26-19(32)15-7-16(34-2)29-35-15/h3-8H,9H2,1-2H3,(H,26,32)(H2,24,27,33). The molecule has 15 heteroatoms. The molecule has 0 saturated carbocycles. The van der Waals surface area contributed by atoms with Crippen molar-refractivity contribution in [3.63, 3.8) is 0 Å². The fourth-order valence-electron chi connectivity index (χ4n) is 2.97. The van der Waals surface area contributed by atoms with Crippen LogP contribution in [0, 0.1) is 5.82 Å². The molecule has 3 aromatic heterocycles. The summed E-state index contributed by atoms with van der Waals surface area (Å²) < 4.78 is 24.3. The zero-order chi connectivity index (χ0) is 24.9. The number of nitrogens with zero attached hydrogens (tertiary/aromatic N) is 6. The van der Waals surface area contributed by atoms with Gasteiger partial charge in [0.1, 0.15) is 5.82 Å². The van der Waals surface area contributed by atoms with E-state index in [0.29, 0.717) is 21.7 Å². The van der Waals surface area contributed by atoms with Gasteiger partial charge in [0.15, 0.2) is 0 Å². The molecule has 0 spiro atoms. The number of rotatable bonds is 6. The Kier molecular flexibility index (Phi) is 6.82. The fraction of sp³-hybridized carbons (Fsp3) is 0.150. The number of benzene rings is 1. The minimum absolute atomic E-state index is 0.0311. The van der Waals surface area contributed by atoms with Gasteiger partial charge in [-0.25, -0.2) is 14.6 Å². The lowest BCUT2D eigenvalue weighted by Gasteiger charge is -2.11. The lowest BCUT2D eigenvalue weighted by molar-refractivity contribution is 0.0898. The first-order chi connectivity index (χ1) is 16.9. The van der Waals surface area contributed by atoms with Gasteiger partial charge in [0.2, 0.25) is 11.6 Å². The molecule has 0 radical (unpaired) electrons. The highest BCUT2D eigenvalue weighted by atomic mass is 35.5. The van der Waals surface area contributed by atoms with Gasteiger partial charge < -0.3 is 14.6 Å². The second-order valence-corrected chi connectivity index (χ2v) is 7.32. The topological polar surface area (TPSA) is 162 Å². The SMILES string of the molecule is COc1cc(C(=O)NNC(=O)NCc2ncc(-c3cccc(Cl)c3-c3nnn(C)n3)cc2F)on1. The van der Waals surface area contributed by atoms with Crippen LogP contribution in [0.25, 0.3) is 22.5 Å². The van der Waals surface area contributed by atoms with Crippen molar-refractivity contribution in [2.45, 2.75) is 6.54 Å². The summed E-state index contributed by atoms with van der Waals surface area (Å²) >= 11 is 6.35. The highest BCUT2D eigenvalue weighted by molar-refractivity contribution is 6.33. The molecule has 35 heavy (non-hydrogen) atoms. The summed E-state index contributed by atoms with van der Waals surface area (Å²) in [6.07, 6.45) is 1.43. The molecule has 0 aliphatic heterocycles. The zero-order valence-corrected chi connectivity index (χ0v) is 19.0.